The van der Waals surface area contributed by atoms with E-state index in [1.54, 1.807) is 6.20 Å². The zero-order chi connectivity index (χ0) is 12.7. The summed E-state index contributed by atoms with van der Waals surface area (Å²) in [5.41, 5.74) is 10.9. The molecule has 3 rings (SSSR count). The summed E-state index contributed by atoms with van der Waals surface area (Å²) in [6.45, 7) is 2.10. The molecule has 0 fully saturated rings. The van der Waals surface area contributed by atoms with Crippen LogP contribution in [0, 0.1) is 6.92 Å². The summed E-state index contributed by atoms with van der Waals surface area (Å²) in [6.07, 6.45) is 3.81. The molecule has 3 heteroatoms. The van der Waals surface area contributed by atoms with Crippen molar-refractivity contribution in [3.8, 4) is 11.3 Å². The minimum Gasteiger partial charge on any atom is -0.397 e. The van der Waals surface area contributed by atoms with Crippen molar-refractivity contribution in [1.29, 1.82) is 0 Å². The first-order valence-corrected chi connectivity index (χ1v) is 5.93. The van der Waals surface area contributed by atoms with E-state index in [-0.39, 0.29) is 0 Å². The Morgan fingerprint density at radius 3 is 2.72 bits per heavy atom. The van der Waals surface area contributed by atoms with Gasteiger partial charge in [0.05, 0.1) is 17.6 Å². The van der Waals surface area contributed by atoms with E-state index in [1.807, 2.05) is 12.1 Å². The van der Waals surface area contributed by atoms with Crippen LogP contribution in [0.2, 0.25) is 0 Å². The molecule has 0 aliphatic heterocycles. The van der Waals surface area contributed by atoms with Gasteiger partial charge in [-0.1, -0.05) is 11.6 Å². The zero-order valence-electron chi connectivity index (χ0n) is 10.5. The highest BCUT2D eigenvalue weighted by Crippen LogP contribution is 2.29. The molecule has 0 spiro atoms. The third-order valence-electron chi connectivity index (χ3n) is 3.21. The van der Waals surface area contributed by atoms with Gasteiger partial charge in [0.2, 0.25) is 0 Å². The van der Waals surface area contributed by atoms with Gasteiger partial charge in [-0.3, -0.25) is 4.98 Å². The van der Waals surface area contributed by atoms with Gasteiger partial charge in [0.25, 0.3) is 0 Å². The maximum atomic E-state index is 5.68. The summed E-state index contributed by atoms with van der Waals surface area (Å²) in [5, 5.41) is 1.23. The molecule has 0 aliphatic rings. The van der Waals surface area contributed by atoms with Crippen LogP contribution in [0.25, 0.3) is 22.2 Å². The molecule has 2 N–H and O–H groups in total. The second-order valence-corrected chi connectivity index (χ2v) is 4.65. The Kier molecular flexibility index (Phi) is 2.33. The molecule has 0 atom stereocenters. The van der Waals surface area contributed by atoms with Crippen LogP contribution in [0.15, 0.2) is 42.7 Å². The van der Waals surface area contributed by atoms with Gasteiger partial charge in [0.1, 0.15) is 0 Å². The average Bonchev–Trinajstić information content (AvgIpc) is 2.67. The normalized spacial score (nSPS) is 11.0. The second-order valence-electron chi connectivity index (χ2n) is 4.65. The Balaban J connectivity index is 2.28. The van der Waals surface area contributed by atoms with Crippen molar-refractivity contribution in [2.75, 3.05) is 5.73 Å². The first-order valence-electron chi connectivity index (χ1n) is 5.93. The first-order chi connectivity index (χ1) is 8.65. The quantitative estimate of drug-likeness (QED) is 0.706. The summed E-state index contributed by atoms with van der Waals surface area (Å²) in [4.78, 5) is 4.40. The number of hydrogen-bond acceptors (Lipinski definition) is 2. The summed E-state index contributed by atoms with van der Waals surface area (Å²) in [5.74, 6) is 0. The van der Waals surface area contributed by atoms with E-state index in [9.17, 15) is 0 Å². The van der Waals surface area contributed by atoms with E-state index >= 15 is 0 Å². The number of nitrogen functional groups attached to an aromatic ring is 1. The number of hydrogen-bond donors (Lipinski definition) is 1. The molecular formula is C15H15N3. The van der Waals surface area contributed by atoms with Crippen molar-refractivity contribution in [2.24, 2.45) is 7.05 Å². The first kappa shape index (κ1) is 10.8. The molecule has 0 amide bonds. The number of pyridine rings is 1. The van der Waals surface area contributed by atoms with E-state index in [0.29, 0.717) is 5.69 Å². The Bertz CT molecular complexity index is 708. The van der Waals surface area contributed by atoms with Gasteiger partial charge in [-0.25, -0.2) is 0 Å². The fourth-order valence-electron chi connectivity index (χ4n) is 2.27. The van der Waals surface area contributed by atoms with E-state index in [4.69, 9.17) is 5.73 Å². The van der Waals surface area contributed by atoms with Crippen LogP contribution in [-0.2, 0) is 7.05 Å². The zero-order valence-corrected chi connectivity index (χ0v) is 10.5. The molecule has 0 bridgehead atoms. The Morgan fingerprint density at radius 2 is 2.00 bits per heavy atom. The van der Waals surface area contributed by atoms with E-state index < -0.39 is 0 Å². The second kappa shape index (κ2) is 3.88. The number of nitrogens with two attached hydrogens (primary N) is 1. The van der Waals surface area contributed by atoms with Crippen LogP contribution in [0.5, 0.6) is 0 Å². The number of nitrogens with zero attached hydrogens (tertiary/aromatic N) is 2. The van der Waals surface area contributed by atoms with Crippen LogP contribution in [0.3, 0.4) is 0 Å². The fraction of sp³-hybridized carbons (Fsp3) is 0.133. The predicted octanol–water partition coefficient (Wildman–Crippen LogP) is 3.13. The molecule has 2 heterocycles. The SMILES string of the molecule is Cc1ccc2c(c1)c(-c1ccc(N)cn1)cn2C. The van der Waals surface area contributed by atoms with Crippen molar-refractivity contribution in [3.63, 3.8) is 0 Å². The highest BCUT2D eigenvalue weighted by atomic mass is 14.9. The minimum atomic E-state index is 0.690. The Hall–Kier alpha value is -2.29. The summed E-state index contributed by atoms with van der Waals surface area (Å²) >= 11 is 0. The smallest absolute Gasteiger partial charge is 0.0725 e. The molecule has 18 heavy (non-hydrogen) atoms. The van der Waals surface area contributed by atoms with Crippen molar-refractivity contribution in [1.82, 2.24) is 9.55 Å². The number of anilines is 1. The van der Waals surface area contributed by atoms with E-state index in [2.05, 4.69) is 47.9 Å². The molecule has 0 saturated heterocycles. The molecule has 0 radical (unpaired) electrons. The maximum absolute atomic E-state index is 5.68. The van der Waals surface area contributed by atoms with Crippen LogP contribution in [0.1, 0.15) is 5.56 Å². The van der Waals surface area contributed by atoms with Gasteiger partial charge in [-0.15, -0.1) is 0 Å². The number of fused-ring (bicyclic) bond motifs is 1. The van der Waals surface area contributed by atoms with Crippen LogP contribution in [-0.4, -0.2) is 9.55 Å². The van der Waals surface area contributed by atoms with Crippen LogP contribution >= 0.6 is 0 Å². The third-order valence-corrected chi connectivity index (χ3v) is 3.21. The summed E-state index contributed by atoms with van der Waals surface area (Å²) < 4.78 is 2.13. The molecule has 90 valence electrons. The van der Waals surface area contributed by atoms with E-state index in [0.717, 1.165) is 11.3 Å². The largest absolute Gasteiger partial charge is 0.397 e. The highest BCUT2D eigenvalue weighted by Gasteiger charge is 2.09. The van der Waals surface area contributed by atoms with Gasteiger partial charge in [0.15, 0.2) is 0 Å². The molecule has 0 unspecified atom stereocenters. The number of rotatable bonds is 1. The lowest BCUT2D eigenvalue weighted by molar-refractivity contribution is 0.969. The van der Waals surface area contributed by atoms with Crippen LogP contribution < -0.4 is 5.73 Å². The Morgan fingerprint density at radius 1 is 1.17 bits per heavy atom. The standard InChI is InChI=1S/C15H15N3/c1-10-3-6-15-12(7-10)13(9-18(15)2)14-5-4-11(16)8-17-14/h3-9H,16H2,1-2H3. The molecule has 1 aromatic carbocycles. The minimum absolute atomic E-state index is 0.690. The van der Waals surface area contributed by atoms with E-state index in [1.165, 1.54) is 16.5 Å². The lowest BCUT2D eigenvalue weighted by atomic mass is 10.1. The van der Waals surface area contributed by atoms with Gasteiger partial charge in [-0.2, -0.15) is 0 Å². The van der Waals surface area contributed by atoms with Crippen molar-refractivity contribution < 1.29 is 0 Å². The van der Waals surface area contributed by atoms with Gasteiger partial charge in [-0.05, 0) is 31.2 Å². The molecule has 0 aliphatic carbocycles. The summed E-state index contributed by atoms with van der Waals surface area (Å²) in [7, 11) is 2.05. The van der Waals surface area contributed by atoms with Gasteiger partial charge >= 0.3 is 0 Å². The van der Waals surface area contributed by atoms with Crippen LogP contribution in [0.4, 0.5) is 5.69 Å². The number of benzene rings is 1. The van der Waals surface area contributed by atoms with Gasteiger partial charge < -0.3 is 10.3 Å². The summed E-state index contributed by atoms with van der Waals surface area (Å²) in [6, 6.07) is 10.3. The van der Waals surface area contributed by atoms with Gasteiger partial charge in [0, 0.05) is 29.7 Å². The third kappa shape index (κ3) is 1.64. The van der Waals surface area contributed by atoms with Crippen molar-refractivity contribution in [3.05, 3.63) is 48.3 Å². The topological polar surface area (TPSA) is 43.8 Å². The maximum Gasteiger partial charge on any atom is 0.0725 e. The predicted molar refractivity (Wildman–Crippen MR) is 75.3 cm³/mol. The number of aromatic nitrogens is 2. The van der Waals surface area contributed by atoms with Crippen molar-refractivity contribution in [2.45, 2.75) is 6.92 Å². The lowest BCUT2D eigenvalue weighted by Gasteiger charge is -2.00. The lowest BCUT2D eigenvalue weighted by Crippen LogP contribution is -1.87. The highest BCUT2D eigenvalue weighted by molar-refractivity contribution is 5.95. The molecular weight excluding hydrogens is 222 g/mol. The number of aryl methyl sites for hydroxylation is 2. The Labute approximate surface area is 106 Å². The molecule has 0 saturated carbocycles. The average molecular weight is 237 g/mol. The molecule has 2 aromatic heterocycles. The fourth-order valence-corrected chi connectivity index (χ4v) is 2.27. The van der Waals surface area contributed by atoms with Crippen molar-refractivity contribution >= 4 is 16.6 Å². The monoisotopic (exact) mass is 237 g/mol. The molecule has 3 aromatic rings. The molecule has 3 nitrogen and oxygen atoms in total.